The summed E-state index contributed by atoms with van der Waals surface area (Å²) < 4.78 is 0. The van der Waals surface area contributed by atoms with Crippen LogP contribution in [0.3, 0.4) is 0 Å². The largest absolute Gasteiger partial charge is 0.0998 e. The van der Waals surface area contributed by atoms with Gasteiger partial charge in [-0.1, -0.05) is 37.6 Å². The van der Waals surface area contributed by atoms with Crippen LogP contribution in [0, 0.1) is 23.7 Å². The van der Waals surface area contributed by atoms with E-state index in [1.54, 1.807) is 5.57 Å². The van der Waals surface area contributed by atoms with Gasteiger partial charge in [0.1, 0.15) is 0 Å². The summed E-state index contributed by atoms with van der Waals surface area (Å²) in [5, 5.41) is 0. The molecule has 0 bridgehead atoms. The van der Waals surface area contributed by atoms with E-state index in [4.69, 9.17) is 0 Å². The molecule has 0 N–H and O–H groups in total. The van der Waals surface area contributed by atoms with Crippen LogP contribution in [0.5, 0.6) is 0 Å². The molecule has 84 valence electrons. The molecule has 15 heavy (non-hydrogen) atoms. The predicted octanol–water partition coefficient (Wildman–Crippen LogP) is 4.58. The summed E-state index contributed by atoms with van der Waals surface area (Å²) in [6, 6.07) is 0. The quantitative estimate of drug-likeness (QED) is 0.548. The van der Waals surface area contributed by atoms with Gasteiger partial charge in [-0.15, -0.1) is 0 Å². The Kier molecular flexibility index (Phi) is 3.04. The minimum absolute atomic E-state index is 0.773. The van der Waals surface area contributed by atoms with Gasteiger partial charge in [-0.25, -0.2) is 0 Å². The molecule has 0 saturated heterocycles. The Morgan fingerprint density at radius 1 is 1.33 bits per heavy atom. The van der Waals surface area contributed by atoms with E-state index in [1.807, 2.05) is 0 Å². The Hall–Kier alpha value is -0.520. The van der Waals surface area contributed by atoms with Gasteiger partial charge in [0.2, 0.25) is 0 Å². The van der Waals surface area contributed by atoms with E-state index in [0.29, 0.717) is 0 Å². The normalized spacial score (nSPS) is 40.6. The lowest BCUT2D eigenvalue weighted by Crippen LogP contribution is -2.31. The van der Waals surface area contributed by atoms with Crippen LogP contribution in [0.1, 0.15) is 46.5 Å². The third-order valence-electron chi connectivity index (χ3n) is 4.44. The number of hydrogen-bond donors (Lipinski definition) is 0. The SMILES string of the molecule is C=C(C)C1CCC(C)C2=CCC(C)CC21. The number of fused-ring (bicyclic) bond motifs is 1. The minimum Gasteiger partial charge on any atom is -0.0998 e. The molecule has 1 fully saturated rings. The van der Waals surface area contributed by atoms with Crippen molar-refractivity contribution in [1.82, 2.24) is 0 Å². The van der Waals surface area contributed by atoms with Crippen LogP contribution in [0.15, 0.2) is 23.8 Å². The molecule has 0 spiro atoms. The first-order valence-corrected chi connectivity index (χ1v) is 6.45. The molecule has 0 heterocycles. The Labute approximate surface area is 94.5 Å². The first kappa shape index (κ1) is 11.0. The van der Waals surface area contributed by atoms with E-state index in [-0.39, 0.29) is 0 Å². The second kappa shape index (κ2) is 4.15. The molecule has 4 unspecified atom stereocenters. The van der Waals surface area contributed by atoms with Crippen molar-refractivity contribution in [3.63, 3.8) is 0 Å². The summed E-state index contributed by atoms with van der Waals surface area (Å²) in [4.78, 5) is 0. The van der Waals surface area contributed by atoms with Gasteiger partial charge in [0.05, 0.1) is 0 Å². The van der Waals surface area contributed by atoms with Crippen molar-refractivity contribution >= 4 is 0 Å². The Balaban J connectivity index is 2.24. The van der Waals surface area contributed by atoms with Crippen molar-refractivity contribution in [2.75, 3.05) is 0 Å². The van der Waals surface area contributed by atoms with Crippen LogP contribution in [0.25, 0.3) is 0 Å². The van der Waals surface area contributed by atoms with Crippen molar-refractivity contribution in [1.29, 1.82) is 0 Å². The molecule has 1 saturated carbocycles. The third-order valence-corrected chi connectivity index (χ3v) is 4.44. The molecule has 0 nitrogen and oxygen atoms in total. The Bertz CT molecular complexity index is 284. The van der Waals surface area contributed by atoms with Gasteiger partial charge < -0.3 is 0 Å². The van der Waals surface area contributed by atoms with E-state index >= 15 is 0 Å². The lowest BCUT2D eigenvalue weighted by Gasteiger charge is -2.42. The summed E-state index contributed by atoms with van der Waals surface area (Å²) in [7, 11) is 0. The highest BCUT2D eigenvalue weighted by Crippen LogP contribution is 2.47. The highest BCUT2D eigenvalue weighted by Gasteiger charge is 2.35. The third kappa shape index (κ3) is 2.04. The molecular weight excluding hydrogens is 180 g/mol. The molecule has 0 amide bonds. The standard InChI is InChI=1S/C15H24/c1-10(2)13-8-6-12(4)14-7-5-11(3)9-15(13)14/h7,11-13,15H,1,5-6,8-9H2,2-4H3. The fraction of sp³-hybridized carbons (Fsp3) is 0.733. The molecular formula is C15H24. The van der Waals surface area contributed by atoms with Crippen molar-refractivity contribution < 1.29 is 0 Å². The van der Waals surface area contributed by atoms with Gasteiger partial charge in [0, 0.05) is 0 Å². The van der Waals surface area contributed by atoms with Gasteiger partial charge in [-0.3, -0.25) is 0 Å². The second-order valence-corrected chi connectivity index (χ2v) is 5.82. The second-order valence-electron chi connectivity index (χ2n) is 5.82. The van der Waals surface area contributed by atoms with Crippen LogP contribution in [-0.4, -0.2) is 0 Å². The first-order chi connectivity index (χ1) is 7.09. The average molecular weight is 204 g/mol. The molecule has 0 aromatic rings. The zero-order valence-corrected chi connectivity index (χ0v) is 10.4. The molecule has 0 heteroatoms. The zero-order chi connectivity index (χ0) is 11.0. The molecule has 0 aliphatic heterocycles. The van der Waals surface area contributed by atoms with E-state index < -0.39 is 0 Å². The van der Waals surface area contributed by atoms with Crippen LogP contribution in [-0.2, 0) is 0 Å². The fourth-order valence-corrected chi connectivity index (χ4v) is 3.50. The predicted molar refractivity (Wildman–Crippen MR) is 66.7 cm³/mol. The van der Waals surface area contributed by atoms with Crippen molar-refractivity contribution in [2.45, 2.75) is 46.5 Å². The summed E-state index contributed by atoms with van der Waals surface area (Å²) in [6.07, 6.45) is 7.98. The van der Waals surface area contributed by atoms with Crippen molar-refractivity contribution in [2.24, 2.45) is 23.7 Å². The molecule has 0 radical (unpaired) electrons. The van der Waals surface area contributed by atoms with Gasteiger partial charge in [-0.2, -0.15) is 0 Å². The topological polar surface area (TPSA) is 0 Å². The van der Waals surface area contributed by atoms with Gasteiger partial charge >= 0.3 is 0 Å². The summed E-state index contributed by atoms with van der Waals surface area (Å²) in [5.74, 6) is 3.31. The summed E-state index contributed by atoms with van der Waals surface area (Å²) in [5.41, 5.74) is 3.17. The van der Waals surface area contributed by atoms with Crippen LogP contribution in [0.2, 0.25) is 0 Å². The fourth-order valence-electron chi connectivity index (χ4n) is 3.50. The highest BCUT2D eigenvalue weighted by atomic mass is 14.4. The van der Waals surface area contributed by atoms with Gasteiger partial charge in [0.15, 0.2) is 0 Å². The Morgan fingerprint density at radius 3 is 2.73 bits per heavy atom. The first-order valence-electron chi connectivity index (χ1n) is 6.45. The molecule has 2 aliphatic carbocycles. The average Bonchev–Trinajstić information content (AvgIpc) is 2.17. The van der Waals surface area contributed by atoms with Crippen molar-refractivity contribution in [3.05, 3.63) is 23.8 Å². The number of rotatable bonds is 1. The van der Waals surface area contributed by atoms with Crippen LogP contribution < -0.4 is 0 Å². The molecule has 4 atom stereocenters. The summed E-state index contributed by atoms with van der Waals surface area (Å²) in [6.45, 7) is 11.2. The minimum atomic E-state index is 0.773. The van der Waals surface area contributed by atoms with E-state index in [1.165, 1.54) is 31.3 Å². The molecule has 0 aromatic heterocycles. The summed E-state index contributed by atoms with van der Waals surface area (Å²) >= 11 is 0. The number of allylic oxidation sites excluding steroid dienone is 3. The molecule has 0 aromatic carbocycles. The van der Waals surface area contributed by atoms with Crippen molar-refractivity contribution in [3.8, 4) is 0 Å². The molecule has 2 aliphatic rings. The monoisotopic (exact) mass is 204 g/mol. The van der Waals surface area contributed by atoms with Gasteiger partial charge in [0.25, 0.3) is 0 Å². The smallest absolute Gasteiger partial charge is 0.0132 e. The highest BCUT2D eigenvalue weighted by molar-refractivity contribution is 5.21. The maximum atomic E-state index is 4.19. The maximum absolute atomic E-state index is 4.19. The zero-order valence-electron chi connectivity index (χ0n) is 10.4. The van der Waals surface area contributed by atoms with E-state index in [0.717, 1.165) is 23.7 Å². The lowest BCUT2D eigenvalue weighted by atomic mass is 9.63. The number of hydrogen-bond acceptors (Lipinski definition) is 0. The van der Waals surface area contributed by atoms with Crippen LogP contribution in [0.4, 0.5) is 0 Å². The molecule has 2 rings (SSSR count). The van der Waals surface area contributed by atoms with Crippen LogP contribution >= 0.6 is 0 Å². The van der Waals surface area contributed by atoms with E-state index in [2.05, 4.69) is 33.4 Å². The van der Waals surface area contributed by atoms with Gasteiger partial charge in [-0.05, 0) is 56.3 Å². The maximum Gasteiger partial charge on any atom is -0.0132 e. The van der Waals surface area contributed by atoms with E-state index in [9.17, 15) is 0 Å². The lowest BCUT2D eigenvalue weighted by molar-refractivity contribution is 0.243. The Morgan fingerprint density at radius 2 is 2.07 bits per heavy atom.